The van der Waals surface area contributed by atoms with Gasteiger partial charge in [0.1, 0.15) is 5.82 Å². The van der Waals surface area contributed by atoms with Crippen molar-refractivity contribution in [2.24, 2.45) is 10.7 Å². The molecule has 0 spiro atoms. The number of carbonyl (C=O) groups excluding carboxylic acids is 1. The molecule has 0 aliphatic carbocycles. The van der Waals surface area contributed by atoms with Gasteiger partial charge in [-0.1, -0.05) is 12.1 Å². The smallest absolute Gasteiger partial charge is 0.280 e. The number of amides is 1. The minimum atomic E-state index is -0.568. The van der Waals surface area contributed by atoms with E-state index in [-0.39, 0.29) is 23.3 Å². The fourth-order valence-electron chi connectivity index (χ4n) is 2.25. The SMILES string of the molecule is Cc1nc(C(=O)NC(N)=NCCCCc2ccc(N)cc2)c(N)nc1N. The second-order valence-electron chi connectivity index (χ2n) is 5.85. The Balaban J connectivity index is 1.79. The third-order valence-electron chi connectivity index (χ3n) is 3.73. The van der Waals surface area contributed by atoms with E-state index in [0.717, 1.165) is 24.9 Å². The maximum absolute atomic E-state index is 12.1. The van der Waals surface area contributed by atoms with Crippen LogP contribution in [0.5, 0.6) is 0 Å². The Kier molecular flexibility index (Phi) is 6.31. The molecule has 2 rings (SSSR count). The van der Waals surface area contributed by atoms with Crippen LogP contribution in [0.25, 0.3) is 0 Å². The minimum Gasteiger partial charge on any atom is -0.399 e. The van der Waals surface area contributed by atoms with Gasteiger partial charge < -0.3 is 22.9 Å². The molecule has 9 nitrogen and oxygen atoms in total. The second kappa shape index (κ2) is 8.65. The zero-order valence-electron chi connectivity index (χ0n) is 14.7. The largest absolute Gasteiger partial charge is 0.399 e. The third-order valence-corrected chi connectivity index (χ3v) is 3.73. The first kappa shape index (κ1) is 19.0. The standard InChI is InChI=1S/C17H24N8O/c1-10-14(19)24-15(20)13(23-10)16(26)25-17(21)22-9-3-2-4-11-5-7-12(18)8-6-11/h5-8H,2-4,9,18H2,1H3,(H4,19,20,24)(H3,21,22,25,26). The van der Waals surface area contributed by atoms with Crippen molar-refractivity contribution in [1.29, 1.82) is 0 Å². The van der Waals surface area contributed by atoms with Crippen molar-refractivity contribution in [2.45, 2.75) is 26.2 Å². The molecule has 1 amide bonds. The monoisotopic (exact) mass is 356 g/mol. The number of guanidine groups is 1. The number of hydrogen-bond acceptors (Lipinski definition) is 7. The van der Waals surface area contributed by atoms with Gasteiger partial charge in [0.05, 0.1) is 5.69 Å². The van der Waals surface area contributed by atoms with Gasteiger partial charge in [-0.15, -0.1) is 0 Å². The lowest BCUT2D eigenvalue weighted by atomic mass is 10.1. The fraction of sp³-hybridized carbons (Fsp3) is 0.294. The van der Waals surface area contributed by atoms with Crippen molar-refractivity contribution in [3.8, 4) is 0 Å². The summed E-state index contributed by atoms with van der Waals surface area (Å²) in [6, 6.07) is 7.78. The number of carbonyl (C=O) groups is 1. The van der Waals surface area contributed by atoms with Gasteiger partial charge in [-0.3, -0.25) is 15.1 Å². The first-order chi connectivity index (χ1) is 12.4. The van der Waals surface area contributed by atoms with Crippen LogP contribution >= 0.6 is 0 Å². The van der Waals surface area contributed by atoms with E-state index in [2.05, 4.69) is 20.3 Å². The molecule has 26 heavy (non-hydrogen) atoms. The van der Waals surface area contributed by atoms with E-state index in [1.165, 1.54) is 5.56 Å². The van der Waals surface area contributed by atoms with Gasteiger partial charge in [0.2, 0.25) is 0 Å². The Hall–Kier alpha value is -3.36. The molecule has 9 N–H and O–H groups in total. The minimum absolute atomic E-state index is 0.0122. The number of nitrogen functional groups attached to an aromatic ring is 3. The van der Waals surface area contributed by atoms with E-state index in [1.807, 2.05) is 24.3 Å². The van der Waals surface area contributed by atoms with Gasteiger partial charge in [-0.25, -0.2) is 9.97 Å². The fourth-order valence-corrected chi connectivity index (χ4v) is 2.25. The Morgan fingerprint density at radius 3 is 2.46 bits per heavy atom. The zero-order chi connectivity index (χ0) is 19.1. The van der Waals surface area contributed by atoms with Crippen LogP contribution in [0.1, 0.15) is 34.6 Å². The average molecular weight is 356 g/mol. The normalized spacial score (nSPS) is 11.3. The van der Waals surface area contributed by atoms with Gasteiger partial charge in [0, 0.05) is 12.2 Å². The van der Waals surface area contributed by atoms with Crippen molar-refractivity contribution >= 4 is 29.2 Å². The molecule has 1 aromatic heterocycles. The van der Waals surface area contributed by atoms with Gasteiger partial charge in [0.25, 0.3) is 5.91 Å². The Labute approximate surface area is 151 Å². The van der Waals surface area contributed by atoms with E-state index < -0.39 is 5.91 Å². The molecule has 2 aromatic rings. The highest BCUT2D eigenvalue weighted by molar-refractivity contribution is 6.06. The molecule has 0 saturated carbocycles. The molecule has 0 bridgehead atoms. The summed E-state index contributed by atoms with van der Waals surface area (Å²) in [5, 5.41) is 2.45. The van der Waals surface area contributed by atoms with E-state index >= 15 is 0 Å². The number of rotatable bonds is 6. The van der Waals surface area contributed by atoms with Crippen LogP contribution in [-0.2, 0) is 6.42 Å². The topological polar surface area (TPSA) is 171 Å². The predicted octanol–water partition coefficient (Wildman–Crippen LogP) is 0.599. The highest BCUT2D eigenvalue weighted by Gasteiger charge is 2.15. The predicted molar refractivity (Wildman–Crippen MR) is 103 cm³/mol. The van der Waals surface area contributed by atoms with Gasteiger partial charge in [0.15, 0.2) is 17.5 Å². The van der Waals surface area contributed by atoms with Crippen LogP contribution in [0.3, 0.4) is 0 Å². The van der Waals surface area contributed by atoms with E-state index in [1.54, 1.807) is 6.92 Å². The van der Waals surface area contributed by atoms with Crippen molar-refractivity contribution in [2.75, 3.05) is 23.7 Å². The van der Waals surface area contributed by atoms with Crippen molar-refractivity contribution in [3.05, 3.63) is 41.2 Å². The molecular weight excluding hydrogens is 332 g/mol. The first-order valence-corrected chi connectivity index (χ1v) is 8.22. The summed E-state index contributed by atoms with van der Waals surface area (Å²) in [6.07, 6.45) is 2.72. The molecule has 1 aromatic carbocycles. The molecule has 0 radical (unpaired) electrons. The number of nitrogens with one attached hydrogen (secondary N) is 1. The van der Waals surface area contributed by atoms with Crippen LogP contribution in [0.2, 0.25) is 0 Å². The second-order valence-corrected chi connectivity index (χ2v) is 5.85. The number of anilines is 3. The number of nitrogens with two attached hydrogens (primary N) is 4. The first-order valence-electron chi connectivity index (χ1n) is 8.22. The molecule has 0 atom stereocenters. The molecule has 1 heterocycles. The quantitative estimate of drug-likeness (QED) is 0.218. The summed E-state index contributed by atoms with van der Waals surface area (Å²) in [6.45, 7) is 2.14. The summed E-state index contributed by atoms with van der Waals surface area (Å²) in [5.41, 5.74) is 25.0. The number of unbranched alkanes of at least 4 members (excludes halogenated alkanes) is 1. The zero-order valence-corrected chi connectivity index (χ0v) is 14.7. The van der Waals surface area contributed by atoms with Crippen LogP contribution in [0, 0.1) is 6.92 Å². The molecule has 0 fully saturated rings. The third kappa shape index (κ3) is 5.33. The van der Waals surface area contributed by atoms with Crippen LogP contribution < -0.4 is 28.3 Å². The van der Waals surface area contributed by atoms with E-state index in [9.17, 15) is 4.79 Å². The van der Waals surface area contributed by atoms with Gasteiger partial charge in [-0.2, -0.15) is 0 Å². The number of aliphatic imine (C=N–C) groups is 1. The Bertz CT molecular complexity index is 801. The highest BCUT2D eigenvalue weighted by atomic mass is 16.2. The summed E-state index contributed by atoms with van der Waals surface area (Å²) >= 11 is 0. The molecular formula is C17H24N8O. The molecule has 9 heteroatoms. The summed E-state index contributed by atoms with van der Waals surface area (Å²) in [7, 11) is 0. The lowest BCUT2D eigenvalue weighted by Gasteiger charge is -2.08. The Morgan fingerprint density at radius 2 is 1.77 bits per heavy atom. The number of aryl methyl sites for hydroxylation is 2. The van der Waals surface area contributed by atoms with Crippen molar-refractivity contribution in [1.82, 2.24) is 15.3 Å². The van der Waals surface area contributed by atoms with E-state index in [0.29, 0.717) is 12.2 Å². The summed E-state index contributed by atoms with van der Waals surface area (Å²) < 4.78 is 0. The van der Waals surface area contributed by atoms with Crippen molar-refractivity contribution < 1.29 is 4.79 Å². The molecule has 0 saturated heterocycles. The number of hydrogen-bond donors (Lipinski definition) is 5. The molecule has 0 unspecified atom stereocenters. The number of benzene rings is 1. The average Bonchev–Trinajstić information content (AvgIpc) is 2.59. The van der Waals surface area contributed by atoms with Crippen LogP contribution in [-0.4, -0.2) is 28.4 Å². The number of nitrogens with zero attached hydrogens (tertiary/aromatic N) is 3. The summed E-state index contributed by atoms with van der Waals surface area (Å²) in [4.78, 5) is 24.2. The Morgan fingerprint density at radius 1 is 1.08 bits per heavy atom. The highest BCUT2D eigenvalue weighted by Crippen LogP contribution is 2.11. The van der Waals surface area contributed by atoms with Crippen LogP contribution in [0.15, 0.2) is 29.3 Å². The van der Waals surface area contributed by atoms with Gasteiger partial charge in [-0.05, 0) is 43.9 Å². The maximum Gasteiger partial charge on any atom is 0.280 e. The van der Waals surface area contributed by atoms with Crippen LogP contribution in [0.4, 0.5) is 17.3 Å². The van der Waals surface area contributed by atoms with Gasteiger partial charge >= 0.3 is 0 Å². The summed E-state index contributed by atoms with van der Waals surface area (Å²) in [5.74, 6) is -0.428. The number of aromatic nitrogens is 2. The van der Waals surface area contributed by atoms with E-state index in [4.69, 9.17) is 22.9 Å². The lowest BCUT2D eigenvalue weighted by molar-refractivity contribution is 0.0972. The maximum atomic E-state index is 12.1. The molecule has 0 aliphatic heterocycles. The molecule has 0 aliphatic rings. The van der Waals surface area contributed by atoms with Crippen molar-refractivity contribution in [3.63, 3.8) is 0 Å². The lowest BCUT2D eigenvalue weighted by Crippen LogP contribution is -2.38. The molecule has 138 valence electrons.